The Morgan fingerprint density at radius 1 is 1.03 bits per heavy atom. The number of rotatable bonds is 10. The van der Waals surface area contributed by atoms with Gasteiger partial charge in [-0.25, -0.2) is 13.4 Å². The summed E-state index contributed by atoms with van der Waals surface area (Å²) in [6.45, 7) is 10.2. The molecular formula is C23H34N4O2S. The summed E-state index contributed by atoms with van der Waals surface area (Å²) in [5.74, 6) is 0.0880. The molecule has 1 aliphatic heterocycles. The maximum Gasteiger partial charge on any atom is 0.227 e. The molecular weight excluding hydrogens is 396 g/mol. The van der Waals surface area contributed by atoms with E-state index < -0.39 is 9.84 Å². The molecule has 0 N–H and O–H groups in total. The normalized spacial score (nSPS) is 16.5. The number of aromatic nitrogens is 2. The maximum atomic E-state index is 12.4. The van der Waals surface area contributed by atoms with Crippen LogP contribution in [-0.2, 0) is 22.9 Å². The van der Waals surface area contributed by atoms with Crippen molar-refractivity contribution in [2.24, 2.45) is 0 Å². The fourth-order valence-electron chi connectivity index (χ4n) is 3.71. The van der Waals surface area contributed by atoms with Gasteiger partial charge in [-0.2, -0.15) is 0 Å². The smallest absolute Gasteiger partial charge is 0.227 e. The molecule has 0 spiro atoms. The Hall–Kier alpha value is -1.96. The Morgan fingerprint density at radius 2 is 1.73 bits per heavy atom. The van der Waals surface area contributed by atoms with E-state index in [4.69, 9.17) is 0 Å². The minimum Gasteiger partial charge on any atom is -0.318 e. The average molecular weight is 431 g/mol. The minimum atomic E-state index is -3.30. The zero-order valence-corrected chi connectivity index (χ0v) is 19.0. The number of nitrogens with zero attached hydrogens (tertiary/aromatic N) is 4. The fourth-order valence-corrected chi connectivity index (χ4v) is 4.73. The second-order valence-corrected chi connectivity index (χ2v) is 10.0. The van der Waals surface area contributed by atoms with Crippen molar-refractivity contribution >= 4 is 15.9 Å². The summed E-state index contributed by atoms with van der Waals surface area (Å²) in [7, 11) is -3.30. The third-order valence-electron chi connectivity index (χ3n) is 5.62. The molecule has 7 heteroatoms. The van der Waals surface area contributed by atoms with Crippen molar-refractivity contribution in [3.63, 3.8) is 0 Å². The van der Waals surface area contributed by atoms with Crippen LogP contribution in [0.1, 0.15) is 37.9 Å². The lowest BCUT2D eigenvalue weighted by atomic mass is 10.2. The number of hydrogen-bond acceptors (Lipinski definition) is 5. The predicted molar refractivity (Wildman–Crippen MR) is 122 cm³/mol. The van der Waals surface area contributed by atoms with Crippen LogP contribution < -0.4 is 0 Å². The van der Waals surface area contributed by atoms with E-state index in [0.29, 0.717) is 6.54 Å². The van der Waals surface area contributed by atoms with E-state index in [1.807, 2.05) is 10.6 Å². The molecule has 164 valence electrons. The van der Waals surface area contributed by atoms with Gasteiger partial charge in [-0.1, -0.05) is 62.8 Å². The highest BCUT2D eigenvalue weighted by atomic mass is 32.2. The van der Waals surface area contributed by atoms with Gasteiger partial charge in [-0.15, -0.1) is 0 Å². The van der Waals surface area contributed by atoms with Gasteiger partial charge in [-0.05, 0) is 12.0 Å². The van der Waals surface area contributed by atoms with Crippen molar-refractivity contribution in [1.29, 1.82) is 0 Å². The highest BCUT2D eigenvalue weighted by Gasteiger charge is 2.23. The summed E-state index contributed by atoms with van der Waals surface area (Å²) in [4.78, 5) is 9.15. The molecule has 0 amide bonds. The van der Waals surface area contributed by atoms with Crippen molar-refractivity contribution in [3.05, 3.63) is 53.9 Å². The summed E-state index contributed by atoms with van der Waals surface area (Å²) in [5.41, 5.74) is 2.24. The molecule has 0 aliphatic carbocycles. The molecule has 0 bridgehead atoms. The van der Waals surface area contributed by atoms with Crippen LogP contribution in [-0.4, -0.2) is 66.2 Å². The molecule has 1 aromatic carbocycles. The number of imidazole rings is 1. The molecule has 0 saturated carbocycles. The van der Waals surface area contributed by atoms with Crippen LogP contribution >= 0.6 is 0 Å². The molecule has 1 aromatic heterocycles. The molecule has 30 heavy (non-hydrogen) atoms. The minimum absolute atomic E-state index is 0.0880. The van der Waals surface area contributed by atoms with Crippen LogP contribution in [0, 0.1) is 0 Å². The number of piperazine rings is 1. The van der Waals surface area contributed by atoms with Gasteiger partial charge < -0.3 is 4.57 Å². The Kier molecular flexibility index (Phi) is 8.24. The summed E-state index contributed by atoms with van der Waals surface area (Å²) in [6, 6.07) is 10.4. The molecule has 2 heterocycles. The van der Waals surface area contributed by atoms with Gasteiger partial charge >= 0.3 is 0 Å². The van der Waals surface area contributed by atoms with E-state index in [2.05, 4.69) is 58.1 Å². The summed E-state index contributed by atoms with van der Waals surface area (Å²) < 4.78 is 26.8. The first kappa shape index (κ1) is 22.7. The van der Waals surface area contributed by atoms with Crippen LogP contribution in [0.2, 0.25) is 0 Å². The molecule has 3 rings (SSSR count). The predicted octanol–water partition coefficient (Wildman–Crippen LogP) is 3.31. The quantitative estimate of drug-likeness (QED) is 0.579. The van der Waals surface area contributed by atoms with Crippen molar-refractivity contribution in [2.45, 2.75) is 44.9 Å². The monoisotopic (exact) mass is 430 g/mol. The molecule has 0 radical (unpaired) electrons. The number of sulfone groups is 1. The van der Waals surface area contributed by atoms with Crippen molar-refractivity contribution < 1.29 is 8.42 Å². The Balaban J connectivity index is 1.56. The van der Waals surface area contributed by atoms with E-state index in [9.17, 15) is 8.42 Å². The summed E-state index contributed by atoms with van der Waals surface area (Å²) in [6.07, 6.45) is 8.14. The molecule has 0 atom stereocenters. The molecule has 1 saturated heterocycles. The zero-order valence-electron chi connectivity index (χ0n) is 18.2. The highest BCUT2D eigenvalue weighted by Crippen LogP contribution is 2.17. The van der Waals surface area contributed by atoms with Gasteiger partial charge in [0, 0.05) is 45.8 Å². The second kappa shape index (κ2) is 10.9. The van der Waals surface area contributed by atoms with Crippen LogP contribution in [0.4, 0.5) is 0 Å². The molecule has 6 nitrogen and oxygen atoms in total. The lowest BCUT2D eigenvalue weighted by Gasteiger charge is -2.34. The standard InChI is InChI=1S/C23H34N4O2S/c1-3-5-14-27-22(19-24-23(27)30(28,29)4-2)20-26-17-15-25(16-18-26)13-9-12-21-10-7-6-8-11-21/h6-12,19H,3-5,13-18,20H2,1-2H3. The van der Waals surface area contributed by atoms with E-state index in [1.54, 1.807) is 13.1 Å². The maximum absolute atomic E-state index is 12.4. The van der Waals surface area contributed by atoms with E-state index in [-0.39, 0.29) is 10.9 Å². The zero-order chi connectivity index (χ0) is 21.4. The van der Waals surface area contributed by atoms with Gasteiger partial charge in [0.2, 0.25) is 15.0 Å². The van der Waals surface area contributed by atoms with Crippen LogP contribution in [0.15, 0.2) is 47.8 Å². The molecule has 2 aromatic rings. The third kappa shape index (κ3) is 6.03. The first-order valence-electron chi connectivity index (χ1n) is 11.0. The highest BCUT2D eigenvalue weighted by molar-refractivity contribution is 7.91. The second-order valence-electron chi connectivity index (χ2n) is 7.83. The van der Waals surface area contributed by atoms with E-state index >= 15 is 0 Å². The third-order valence-corrected chi connectivity index (χ3v) is 7.26. The van der Waals surface area contributed by atoms with Crippen molar-refractivity contribution in [1.82, 2.24) is 19.4 Å². The molecule has 1 fully saturated rings. The Morgan fingerprint density at radius 3 is 2.40 bits per heavy atom. The number of benzene rings is 1. The van der Waals surface area contributed by atoms with Crippen LogP contribution in [0.5, 0.6) is 0 Å². The van der Waals surface area contributed by atoms with Gasteiger partial charge in [0.25, 0.3) is 0 Å². The fraction of sp³-hybridized carbons (Fsp3) is 0.522. The van der Waals surface area contributed by atoms with Crippen molar-refractivity contribution in [2.75, 3.05) is 38.5 Å². The summed E-state index contributed by atoms with van der Waals surface area (Å²) >= 11 is 0. The Bertz CT molecular complexity index is 914. The molecule has 1 aliphatic rings. The lowest BCUT2D eigenvalue weighted by molar-refractivity contribution is 0.134. The Labute approximate surface area is 181 Å². The number of hydrogen-bond donors (Lipinski definition) is 0. The van der Waals surface area contributed by atoms with Crippen LogP contribution in [0.3, 0.4) is 0 Å². The topological polar surface area (TPSA) is 58.4 Å². The van der Waals surface area contributed by atoms with E-state index in [0.717, 1.165) is 57.8 Å². The lowest BCUT2D eigenvalue weighted by Crippen LogP contribution is -2.46. The SMILES string of the molecule is CCCCn1c(CN2CCN(CC=Cc3ccccc3)CC2)cnc1S(=O)(=O)CC. The van der Waals surface area contributed by atoms with Gasteiger partial charge in [0.1, 0.15) is 0 Å². The average Bonchev–Trinajstić information content (AvgIpc) is 3.17. The first-order valence-corrected chi connectivity index (χ1v) is 12.6. The van der Waals surface area contributed by atoms with E-state index in [1.165, 1.54) is 5.56 Å². The molecule has 0 unspecified atom stereocenters. The van der Waals surface area contributed by atoms with Gasteiger partial charge in [0.05, 0.1) is 17.6 Å². The van der Waals surface area contributed by atoms with Gasteiger partial charge in [-0.3, -0.25) is 9.80 Å². The van der Waals surface area contributed by atoms with Crippen LogP contribution in [0.25, 0.3) is 6.08 Å². The first-order chi connectivity index (χ1) is 14.5. The largest absolute Gasteiger partial charge is 0.318 e. The van der Waals surface area contributed by atoms with Crippen molar-refractivity contribution in [3.8, 4) is 0 Å². The van der Waals surface area contributed by atoms with Gasteiger partial charge in [0.15, 0.2) is 0 Å². The number of unbranched alkanes of at least 4 members (excludes halogenated alkanes) is 1. The summed E-state index contributed by atoms with van der Waals surface area (Å²) in [5, 5.41) is 0.234.